The Morgan fingerprint density at radius 1 is 1.09 bits per heavy atom. The van der Waals surface area contributed by atoms with E-state index in [9.17, 15) is 40.8 Å². The van der Waals surface area contributed by atoms with E-state index in [-0.39, 0.29) is 31.2 Å². The molecule has 316 valence electrons. The molecule has 3 N–H and O–H groups in total. The molecule has 58 heavy (non-hydrogen) atoms. The molecule has 4 heterocycles. The van der Waals surface area contributed by atoms with Crippen LogP contribution in [0.1, 0.15) is 72.6 Å². The van der Waals surface area contributed by atoms with Crippen molar-refractivity contribution in [3.63, 3.8) is 0 Å². The molecule has 1 saturated heterocycles. The smallest absolute Gasteiger partial charge is 0.425 e. The second kappa shape index (κ2) is 15.4. The van der Waals surface area contributed by atoms with Crippen molar-refractivity contribution >= 4 is 44.6 Å². The summed E-state index contributed by atoms with van der Waals surface area (Å²) < 4.78 is 90.2. The number of hydrogen-bond acceptors (Lipinski definition) is 11. The van der Waals surface area contributed by atoms with Crippen LogP contribution in [0.4, 0.5) is 18.0 Å². The number of alkyl carbamates (subject to hydrolysis) is 1. The van der Waals surface area contributed by atoms with Crippen LogP contribution in [-0.4, -0.2) is 103 Å². The fourth-order valence-electron chi connectivity index (χ4n) is 7.98. The first-order valence-electron chi connectivity index (χ1n) is 19.6. The van der Waals surface area contributed by atoms with E-state index in [4.69, 9.17) is 14.2 Å². The lowest BCUT2D eigenvalue weighted by Gasteiger charge is -2.33. The van der Waals surface area contributed by atoms with Crippen molar-refractivity contribution in [3.05, 3.63) is 36.5 Å². The van der Waals surface area contributed by atoms with E-state index >= 15 is 0 Å². The highest BCUT2D eigenvalue weighted by atomic mass is 32.2. The van der Waals surface area contributed by atoms with Gasteiger partial charge in [0.25, 0.3) is 5.91 Å². The topological polar surface area (TPSA) is 192 Å². The fraction of sp³-hybridized carbons (Fsp3) is 0.615. The summed E-state index contributed by atoms with van der Waals surface area (Å²) >= 11 is 0. The number of nitrogens with one attached hydrogen (secondary N) is 3. The Morgan fingerprint density at radius 2 is 1.83 bits per heavy atom. The number of hydrogen-bond donors (Lipinski definition) is 3. The zero-order valence-corrected chi connectivity index (χ0v) is 33.4. The number of nitrogens with zero attached hydrogens (tertiary/aromatic N) is 2. The Hall–Kier alpha value is -4.81. The van der Waals surface area contributed by atoms with Crippen LogP contribution in [0.2, 0.25) is 0 Å². The van der Waals surface area contributed by atoms with Crippen LogP contribution < -0.4 is 29.6 Å². The number of halogens is 3. The first kappa shape index (κ1) is 41.4. The van der Waals surface area contributed by atoms with Crippen LogP contribution in [0.25, 0.3) is 10.8 Å². The molecule has 0 radical (unpaired) electrons. The number of sulfonamides is 1. The highest BCUT2D eigenvalue weighted by Crippen LogP contribution is 2.48. The van der Waals surface area contributed by atoms with Gasteiger partial charge in [0, 0.05) is 29.3 Å². The van der Waals surface area contributed by atoms with Gasteiger partial charge < -0.3 is 34.5 Å². The molecule has 3 fully saturated rings. The molecule has 7 rings (SSSR count). The average Bonchev–Trinajstić information content (AvgIpc) is 4.04. The summed E-state index contributed by atoms with van der Waals surface area (Å²) in [6.07, 6.45) is -2.26. The maximum absolute atomic E-state index is 14.7. The second-order valence-corrected chi connectivity index (χ2v) is 18.7. The first-order valence-corrected chi connectivity index (χ1v) is 21.0. The van der Waals surface area contributed by atoms with Crippen LogP contribution in [0.3, 0.4) is 0 Å². The molecular weight excluding hydrogens is 788 g/mol. The standard InChI is InChI=1S/C39H48F3N5O10S/c1-21-7-5-6-8-24-19-38(24,35(50)46-58(52,53)37(4)12-13-37)45-32(48)28-18-25(57-33-27-9-10-29-31(55-16-15-54-29)26(27)11-14-43-33)20-47(28)34(49)30(22(2)17-21)44-36(51)56-23(3)39(40,41)42/h6,8-11,14,21-25,28,30H,5,7,12-13,15-20H2,1-4H3,(H,44,51)(H,45,48)(H,46,50)/b8-6-/t21-,22-,23-,24-,25-,28+,30?,38-/m1/s1. The molecule has 5 aliphatic rings. The summed E-state index contributed by atoms with van der Waals surface area (Å²) in [5, 5.41) is 6.36. The Morgan fingerprint density at radius 3 is 2.55 bits per heavy atom. The van der Waals surface area contributed by atoms with Crippen molar-refractivity contribution < 1.29 is 59.7 Å². The molecule has 15 nitrogen and oxygen atoms in total. The lowest BCUT2D eigenvalue weighted by Crippen LogP contribution is -2.59. The van der Waals surface area contributed by atoms with Gasteiger partial charge in [-0.2, -0.15) is 13.2 Å². The minimum Gasteiger partial charge on any atom is -0.486 e. The number of ether oxygens (including phenoxy) is 4. The summed E-state index contributed by atoms with van der Waals surface area (Å²) in [5.74, 6) is -2.47. The number of allylic oxidation sites excluding steroid dienone is 1. The molecule has 2 aromatic rings. The molecular formula is C39H48F3N5O10S. The molecule has 2 saturated carbocycles. The van der Waals surface area contributed by atoms with Crippen molar-refractivity contribution in [2.75, 3.05) is 19.8 Å². The number of aromatic nitrogens is 1. The molecule has 19 heteroatoms. The summed E-state index contributed by atoms with van der Waals surface area (Å²) in [4.78, 5) is 61.7. The Balaban J connectivity index is 1.22. The van der Waals surface area contributed by atoms with Crippen LogP contribution >= 0.6 is 0 Å². The Bertz CT molecular complexity index is 2110. The number of carbonyl (C=O) groups excluding carboxylic acids is 4. The minimum atomic E-state index is -4.85. The van der Waals surface area contributed by atoms with Gasteiger partial charge in [-0.1, -0.05) is 26.0 Å². The molecule has 0 spiro atoms. The predicted molar refractivity (Wildman–Crippen MR) is 201 cm³/mol. The van der Waals surface area contributed by atoms with Crippen molar-refractivity contribution in [1.82, 2.24) is 25.2 Å². The molecule has 1 aromatic heterocycles. The number of carbonyl (C=O) groups is 4. The number of rotatable bonds is 7. The van der Waals surface area contributed by atoms with Crippen molar-refractivity contribution in [1.29, 1.82) is 0 Å². The molecule has 1 aromatic carbocycles. The van der Waals surface area contributed by atoms with Gasteiger partial charge in [0.2, 0.25) is 27.7 Å². The zero-order chi connectivity index (χ0) is 41.8. The third kappa shape index (κ3) is 8.23. The number of amides is 4. The van der Waals surface area contributed by atoms with Gasteiger partial charge >= 0.3 is 12.3 Å². The van der Waals surface area contributed by atoms with Gasteiger partial charge in [-0.25, -0.2) is 18.2 Å². The average molecular weight is 836 g/mol. The number of benzene rings is 1. The maximum Gasteiger partial charge on any atom is 0.425 e. The molecule has 2 aliphatic carbocycles. The van der Waals surface area contributed by atoms with E-state index in [2.05, 4.69) is 25.1 Å². The summed E-state index contributed by atoms with van der Waals surface area (Å²) in [7, 11) is -4.08. The highest BCUT2D eigenvalue weighted by Gasteiger charge is 2.63. The van der Waals surface area contributed by atoms with E-state index in [0.717, 1.165) is 0 Å². The van der Waals surface area contributed by atoms with Gasteiger partial charge in [-0.05, 0) is 82.4 Å². The molecule has 8 atom stereocenters. The van der Waals surface area contributed by atoms with E-state index in [1.807, 2.05) is 13.0 Å². The SMILES string of the molecule is C[C@@H]1CC/C=C\[C@@H]2C[C@@]2(C(=O)NS(=O)(=O)C2(C)CC2)NC(=O)[C@@H]2C[C@@H](Oc3nccc4c5c(ccc34)OCCO5)CN2C(=O)C(NC(=O)O[C@H](C)C(F)(F)F)[C@H](C)C1. The third-order valence-corrected chi connectivity index (χ3v) is 14.1. The normalized spacial score (nSPS) is 30.6. The highest BCUT2D eigenvalue weighted by molar-refractivity contribution is 7.91. The van der Waals surface area contributed by atoms with Gasteiger partial charge in [0.15, 0.2) is 17.6 Å². The first-order chi connectivity index (χ1) is 27.3. The maximum atomic E-state index is 14.7. The summed E-state index contributed by atoms with van der Waals surface area (Å²) in [6.45, 7) is 6.31. The zero-order valence-electron chi connectivity index (χ0n) is 32.6. The Kier molecular flexibility index (Phi) is 11.0. The third-order valence-electron chi connectivity index (χ3n) is 12.0. The van der Waals surface area contributed by atoms with Crippen LogP contribution in [0.5, 0.6) is 17.4 Å². The van der Waals surface area contributed by atoms with Crippen molar-refractivity contribution in [2.45, 2.75) is 113 Å². The molecule has 1 unspecified atom stereocenters. The van der Waals surface area contributed by atoms with Gasteiger partial charge in [-0.3, -0.25) is 19.1 Å². The lowest BCUT2D eigenvalue weighted by molar-refractivity contribution is -0.197. The Labute approximate surface area is 333 Å². The predicted octanol–water partition coefficient (Wildman–Crippen LogP) is 4.29. The molecule has 3 aliphatic heterocycles. The van der Waals surface area contributed by atoms with E-state index in [1.165, 1.54) is 18.0 Å². The van der Waals surface area contributed by atoms with Crippen LogP contribution in [-0.2, 0) is 29.1 Å². The number of pyridine rings is 1. The molecule has 4 amide bonds. The van der Waals surface area contributed by atoms with Gasteiger partial charge in [0.1, 0.15) is 36.9 Å². The second-order valence-electron chi connectivity index (χ2n) is 16.5. The van der Waals surface area contributed by atoms with Gasteiger partial charge in [-0.15, -0.1) is 0 Å². The quantitative estimate of drug-likeness (QED) is 0.338. The lowest BCUT2D eigenvalue weighted by atomic mass is 9.88. The van der Waals surface area contributed by atoms with Crippen molar-refractivity contribution in [3.8, 4) is 17.4 Å². The number of fused-ring (bicyclic) bond motifs is 5. The largest absolute Gasteiger partial charge is 0.486 e. The molecule has 0 bridgehead atoms. The monoisotopic (exact) mass is 835 g/mol. The van der Waals surface area contributed by atoms with Crippen molar-refractivity contribution in [2.24, 2.45) is 17.8 Å². The fourth-order valence-corrected chi connectivity index (χ4v) is 9.29. The van der Waals surface area contributed by atoms with E-state index in [1.54, 1.807) is 31.2 Å². The van der Waals surface area contributed by atoms with Gasteiger partial charge in [0.05, 0.1) is 11.3 Å². The minimum absolute atomic E-state index is 0.0357. The van der Waals surface area contributed by atoms with E-state index in [0.29, 0.717) is 74.5 Å². The van der Waals surface area contributed by atoms with Crippen LogP contribution in [0.15, 0.2) is 36.5 Å². The summed E-state index contributed by atoms with van der Waals surface area (Å²) in [6, 6.07) is 2.44. The summed E-state index contributed by atoms with van der Waals surface area (Å²) in [5.41, 5.74) is -1.65. The number of alkyl halides is 3. The van der Waals surface area contributed by atoms with E-state index < -0.39 is 86.4 Å². The van der Waals surface area contributed by atoms with Crippen LogP contribution in [0, 0.1) is 17.8 Å².